The van der Waals surface area contributed by atoms with Crippen molar-refractivity contribution < 1.29 is 17.6 Å². The van der Waals surface area contributed by atoms with Crippen molar-refractivity contribution in [2.75, 3.05) is 14.1 Å². The van der Waals surface area contributed by atoms with E-state index < -0.39 is 28.0 Å². The van der Waals surface area contributed by atoms with Gasteiger partial charge in [0.05, 0.1) is 0 Å². The summed E-state index contributed by atoms with van der Waals surface area (Å²) in [6.45, 7) is 1.84. The third-order valence-corrected chi connectivity index (χ3v) is 6.40. The van der Waals surface area contributed by atoms with Gasteiger partial charge >= 0.3 is 0 Å². The average Bonchev–Trinajstić information content (AvgIpc) is 3.30. The molecule has 8 heteroatoms. The second-order valence-corrected chi connectivity index (χ2v) is 8.03. The summed E-state index contributed by atoms with van der Waals surface area (Å²) in [5.41, 5.74) is 5.58. The molecule has 0 aliphatic heterocycles. The van der Waals surface area contributed by atoms with Gasteiger partial charge in [0, 0.05) is 20.1 Å². The maximum absolute atomic E-state index is 13.4. The van der Waals surface area contributed by atoms with Crippen LogP contribution in [0, 0.1) is 11.7 Å². The lowest BCUT2D eigenvalue weighted by Crippen LogP contribution is -2.48. The van der Waals surface area contributed by atoms with E-state index in [1.807, 2.05) is 6.92 Å². The maximum atomic E-state index is 13.4. The molecule has 2 rings (SSSR count). The molecule has 2 atom stereocenters. The van der Waals surface area contributed by atoms with Crippen LogP contribution in [-0.4, -0.2) is 43.1 Å². The number of benzene rings is 1. The number of nitrogens with two attached hydrogens (primary N) is 1. The summed E-state index contributed by atoms with van der Waals surface area (Å²) in [5, 5.41) is 0. The van der Waals surface area contributed by atoms with E-state index in [1.54, 1.807) is 0 Å². The van der Waals surface area contributed by atoms with Gasteiger partial charge in [-0.25, -0.2) is 4.39 Å². The standard InChI is InChI=1S/C15H22FN3O3S/c1-10(11-7-8-11)18(2)23(21,22)19(3)14(15(17)20)12-5-4-6-13(16)9-12/h4-6,9-11,14H,7-8H2,1-3H3,(H2,17,20). The molecule has 1 fully saturated rings. The topological polar surface area (TPSA) is 83.7 Å². The molecule has 0 bridgehead atoms. The van der Waals surface area contributed by atoms with Gasteiger partial charge in [0.25, 0.3) is 10.2 Å². The van der Waals surface area contributed by atoms with Crippen molar-refractivity contribution in [1.29, 1.82) is 0 Å². The van der Waals surface area contributed by atoms with Gasteiger partial charge in [0.1, 0.15) is 11.9 Å². The molecule has 0 heterocycles. The fourth-order valence-electron chi connectivity index (χ4n) is 2.65. The van der Waals surface area contributed by atoms with E-state index in [0.717, 1.165) is 23.2 Å². The van der Waals surface area contributed by atoms with Crippen LogP contribution in [0.3, 0.4) is 0 Å². The van der Waals surface area contributed by atoms with Gasteiger partial charge in [-0.2, -0.15) is 17.0 Å². The van der Waals surface area contributed by atoms with Crippen LogP contribution >= 0.6 is 0 Å². The zero-order valence-corrected chi connectivity index (χ0v) is 14.3. The van der Waals surface area contributed by atoms with Gasteiger partial charge in [0.15, 0.2) is 0 Å². The SMILES string of the molecule is CC(C1CC1)N(C)S(=O)(=O)N(C)C(C(N)=O)c1cccc(F)c1. The molecule has 1 aromatic rings. The average molecular weight is 343 g/mol. The first-order valence-corrected chi connectivity index (χ1v) is 8.81. The zero-order valence-electron chi connectivity index (χ0n) is 13.4. The van der Waals surface area contributed by atoms with Crippen LogP contribution < -0.4 is 5.73 Å². The molecule has 23 heavy (non-hydrogen) atoms. The second-order valence-electron chi connectivity index (χ2n) is 5.98. The molecule has 0 spiro atoms. The summed E-state index contributed by atoms with van der Waals surface area (Å²) in [7, 11) is -1.14. The lowest BCUT2D eigenvalue weighted by molar-refractivity contribution is -0.121. The smallest absolute Gasteiger partial charge is 0.282 e. The zero-order chi connectivity index (χ0) is 17.4. The first-order valence-electron chi connectivity index (χ1n) is 7.42. The molecule has 128 valence electrons. The summed E-state index contributed by atoms with van der Waals surface area (Å²) in [6.07, 6.45) is 1.99. The first kappa shape index (κ1) is 17.8. The van der Waals surface area contributed by atoms with Gasteiger partial charge in [-0.05, 0) is 43.4 Å². The van der Waals surface area contributed by atoms with Gasteiger partial charge < -0.3 is 5.73 Å². The fourth-order valence-corrected chi connectivity index (χ4v) is 4.14. The predicted octanol–water partition coefficient (Wildman–Crippen LogP) is 1.26. The maximum Gasteiger partial charge on any atom is 0.282 e. The number of rotatable bonds is 7. The summed E-state index contributed by atoms with van der Waals surface area (Å²) in [4.78, 5) is 11.8. The monoisotopic (exact) mass is 343 g/mol. The fraction of sp³-hybridized carbons (Fsp3) is 0.533. The number of primary amides is 1. The third-order valence-electron chi connectivity index (χ3n) is 4.40. The Kier molecular flexibility index (Phi) is 5.07. The predicted molar refractivity (Wildman–Crippen MR) is 85.0 cm³/mol. The molecular weight excluding hydrogens is 321 g/mol. The molecule has 0 aromatic heterocycles. The summed E-state index contributed by atoms with van der Waals surface area (Å²) >= 11 is 0. The number of halogens is 1. The Hall–Kier alpha value is -1.51. The molecule has 1 aliphatic carbocycles. The normalized spacial score (nSPS) is 18.2. The Bertz CT molecular complexity index is 691. The van der Waals surface area contributed by atoms with Crippen molar-refractivity contribution in [3.63, 3.8) is 0 Å². The number of hydrogen-bond donors (Lipinski definition) is 1. The second kappa shape index (κ2) is 6.54. The molecular formula is C15H22FN3O3S. The Morgan fingerprint density at radius 2 is 1.91 bits per heavy atom. The van der Waals surface area contributed by atoms with E-state index in [0.29, 0.717) is 5.92 Å². The van der Waals surface area contributed by atoms with Crippen molar-refractivity contribution >= 4 is 16.1 Å². The van der Waals surface area contributed by atoms with Gasteiger partial charge in [0.2, 0.25) is 5.91 Å². The van der Waals surface area contributed by atoms with Gasteiger partial charge in [-0.1, -0.05) is 12.1 Å². The molecule has 2 N–H and O–H groups in total. The molecule has 0 radical (unpaired) electrons. The largest absolute Gasteiger partial charge is 0.368 e. The van der Waals surface area contributed by atoms with Crippen molar-refractivity contribution in [3.8, 4) is 0 Å². The minimum atomic E-state index is -3.91. The number of nitrogens with zero attached hydrogens (tertiary/aromatic N) is 2. The summed E-state index contributed by atoms with van der Waals surface area (Å²) in [6, 6.07) is 3.81. The summed E-state index contributed by atoms with van der Waals surface area (Å²) in [5.74, 6) is -1.07. The van der Waals surface area contributed by atoms with E-state index in [1.165, 1.54) is 36.6 Å². The van der Waals surface area contributed by atoms with Crippen molar-refractivity contribution in [1.82, 2.24) is 8.61 Å². The van der Waals surface area contributed by atoms with Crippen LogP contribution in [0.5, 0.6) is 0 Å². The van der Waals surface area contributed by atoms with Gasteiger partial charge in [-0.15, -0.1) is 0 Å². The Labute approximate surface area is 136 Å². The van der Waals surface area contributed by atoms with Crippen molar-refractivity contribution in [3.05, 3.63) is 35.6 Å². The van der Waals surface area contributed by atoms with E-state index in [4.69, 9.17) is 5.73 Å². The van der Waals surface area contributed by atoms with Crippen LogP contribution in [-0.2, 0) is 15.0 Å². The quantitative estimate of drug-likeness (QED) is 0.809. The number of amides is 1. The highest BCUT2D eigenvalue weighted by Gasteiger charge is 2.40. The third kappa shape index (κ3) is 3.70. The van der Waals surface area contributed by atoms with E-state index >= 15 is 0 Å². The van der Waals surface area contributed by atoms with Crippen LogP contribution in [0.25, 0.3) is 0 Å². The highest BCUT2D eigenvalue weighted by atomic mass is 32.2. The molecule has 1 saturated carbocycles. The lowest BCUT2D eigenvalue weighted by atomic mass is 10.1. The first-order chi connectivity index (χ1) is 10.7. The minimum absolute atomic E-state index is 0.163. The number of carbonyl (C=O) groups excluding carboxylic acids is 1. The number of likely N-dealkylation sites (N-methyl/N-ethyl adjacent to an activating group) is 1. The molecule has 1 aromatic carbocycles. The van der Waals surface area contributed by atoms with Crippen molar-refractivity contribution in [2.24, 2.45) is 11.7 Å². The van der Waals surface area contributed by atoms with Crippen LogP contribution in [0.15, 0.2) is 24.3 Å². The minimum Gasteiger partial charge on any atom is -0.368 e. The number of carbonyl (C=O) groups is 1. The Morgan fingerprint density at radius 3 is 2.39 bits per heavy atom. The van der Waals surface area contributed by atoms with E-state index in [2.05, 4.69) is 0 Å². The van der Waals surface area contributed by atoms with Crippen LogP contribution in [0.1, 0.15) is 31.4 Å². The Morgan fingerprint density at radius 1 is 1.30 bits per heavy atom. The van der Waals surface area contributed by atoms with E-state index in [-0.39, 0.29) is 11.6 Å². The van der Waals surface area contributed by atoms with Crippen LogP contribution in [0.2, 0.25) is 0 Å². The molecule has 6 nitrogen and oxygen atoms in total. The van der Waals surface area contributed by atoms with Crippen LogP contribution in [0.4, 0.5) is 4.39 Å². The van der Waals surface area contributed by atoms with Crippen molar-refractivity contribution in [2.45, 2.75) is 31.8 Å². The lowest BCUT2D eigenvalue weighted by Gasteiger charge is -2.32. The molecule has 2 unspecified atom stereocenters. The summed E-state index contributed by atoms with van der Waals surface area (Å²) < 4.78 is 41.1. The molecule has 0 saturated heterocycles. The molecule has 1 amide bonds. The number of hydrogen-bond acceptors (Lipinski definition) is 3. The Balaban J connectivity index is 2.33. The van der Waals surface area contributed by atoms with E-state index in [9.17, 15) is 17.6 Å². The highest BCUT2D eigenvalue weighted by molar-refractivity contribution is 7.86. The highest BCUT2D eigenvalue weighted by Crippen LogP contribution is 2.36. The molecule has 1 aliphatic rings. The van der Waals surface area contributed by atoms with Gasteiger partial charge in [-0.3, -0.25) is 4.79 Å².